The second kappa shape index (κ2) is 5.11. The predicted octanol–water partition coefficient (Wildman–Crippen LogP) is -0.0825. The number of amides is 1. The van der Waals surface area contributed by atoms with Crippen LogP contribution in [0, 0.1) is 5.92 Å². The smallest absolute Gasteiger partial charge is 0.305 e. The van der Waals surface area contributed by atoms with Crippen LogP contribution in [0.3, 0.4) is 0 Å². The summed E-state index contributed by atoms with van der Waals surface area (Å²) in [4.78, 5) is 23.8. The van der Waals surface area contributed by atoms with E-state index >= 15 is 0 Å². The van der Waals surface area contributed by atoms with Gasteiger partial charge in [0.15, 0.2) is 0 Å². The Kier molecular flexibility index (Phi) is 4.08. The van der Waals surface area contributed by atoms with Gasteiger partial charge in [-0.05, 0) is 5.92 Å². The fraction of sp³-hybridized carbons (Fsp3) is 0.800. The second-order valence-corrected chi connectivity index (χ2v) is 4.45. The molecule has 1 fully saturated rings. The van der Waals surface area contributed by atoms with Gasteiger partial charge in [0.05, 0.1) is 19.0 Å². The van der Waals surface area contributed by atoms with Crippen LogP contribution in [0.15, 0.2) is 0 Å². The highest BCUT2D eigenvalue weighted by atomic mass is 16.4. The maximum atomic E-state index is 11.3. The van der Waals surface area contributed by atoms with Gasteiger partial charge in [-0.1, -0.05) is 13.8 Å². The molecule has 0 aromatic carbocycles. The van der Waals surface area contributed by atoms with Crippen molar-refractivity contribution in [1.82, 2.24) is 10.2 Å². The van der Waals surface area contributed by atoms with E-state index in [0.717, 1.165) is 6.54 Å². The van der Waals surface area contributed by atoms with Crippen molar-refractivity contribution in [2.24, 2.45) is 5.92 Å². The normalized spacial score (nSPS) is 22.9. The lowest BCUT2D eigenvalue weighted by Crippen LogP contribution is -2.55. The van der Waals surface area contributed by atoms with Crippen molar-refractivity contribution < 1.29 is 14.7 Å². The van der Waals surface area contributed by atoms with E-state index in [-0.39, 0.29) is 18.4 Å². The van der Waals surface area contributed by atoms with Gasteiger partial charge in [-0.25, -0.2) is 0 Å². The standard InChI is InChI=1S/C10H18N2O3/c1-7(2)4-12-5-8(3-10(14)15)11-9(13)6-12/h7-8H,3-6H2,1-2H3,(H,11,13)(H,14,15). The van der Waals surface area contributed by atoms with Crippen LogP contribution < -0.4 is 5.32 Å². The summed E-state index contributed by atoms with van der Waals surface area (Å²) >= 11 is 0. The molecule has 1 saturated heterocycles. The molecule has 1 aliphatic heterocycles. The third-order valence-corrected chi connectivity index (χ3v) is 2.26. The van der Waals surface area contributed by atoms with Crippen LogP contribution in [0.5, 0.6) is 0 Å². The third kappa shape index (κ3) is 4.29. The van der Waals surface area contributed by atoms with E-state index in [1.54, 1.807) is 0 Å². The molecule has 0 bridgehead atoms. The Labute approximate surface area is 89.4 Å². The van der Waals surface area contributed by atoms with Crippen molar-refractivity contribution in [2.75, 3.05) is 19.6 Å². The number of piperazine rings is 1. The fourth-order valence-corrected chi connectivity index (χ4v) is 1.88. The first-order chi connectivity index (χ1) is 6.97. The van der Waals surface area contributed by atoms with Gasteiger partial charge in [-0.15, -0.1) is 0 Å². The summed E-state index contributed by atoms with van der Waals surface area (Å²) < 4.78 is 0. The molecule has 0 saturated carbocycles. The highest BCUT2D eigenvalue weighted by molar-refractivity contribution is 5.80. The number of nitrogens with zero attached hydrogens (tertiary/aromatic N) is 1. The molecule has 0 aliphatic carbocycles. The minimum absolute atomic E-state index is 0.000333. The summed E-state index contributed by atoms with van der Waals surface area (Å²) in [6.45, 7) is 6.02. The number of carboxylic acids is 1. The van der Waals surface area contributed by atoms with Gasteiger partial charge in [-0.2, -0.15) is 0 Å². The summed E-state index contributed by atoms with van der Waals surface area (Å²) in [5.74, 6) is -0.457. The molecule has 1 amide bonds. The fourth-order valence-electron chi connectivity index (χ4n) is 1.88. The highest BCUT2D eigenvalue weighted by Crippen LogP contribution is 2.06. The van der Waals surface area contributed by atoms with E-state index in [0.29, 0.717) is 19.0 Å². The molecule has 1 atom stereocenters. The molecular weight excluding hydrogens is 196 g/mol. The Bertz CT molecular complexity index is 251. The maximum Gasteiger partial charge on any atom is 0.305 e. The van der Waals surface area contributed by atoms with Crippen molar-refractivity contribution in [3.63, 3.8) is 0 Å². The summed E-state index contributed by atoms with van der Waals surface area (Å²) in [6.07, 6.45) is 0.000333. The third-order valence-electron chi connectivity index (χ3n) is 2.26. The minimum Gasteiger partial charge on any atom is -0.481 e. The van der Waals surface area contributed by atoms with Crippen LogP contribution in [0.2, 0.25) is 0 Å². The number of carbonyl (C=O) groups is 2. The SMILES string of the molecule is CC(C)CN1CC(=O)NC(CC(=O)O)C1. The van der Waals surface area contributed by atoms with Crippen LogP contribution in [0.4, 0.5) is 0 Å². The molecule has 5 nitrogen and oxygen atoms in total. The largest absolute Gasteiger partial charge is 0.481 e. The average molecular weight is 214 g/mol. The molecule has 1 heterocycles. The molecule has 0 spiro atoms. The number of aliphatic carboxylic acids is 1. The van der Waals surface area contributed by atoms with Crippen LogP contribution >= 0.6 is 0 Å². The topological polar surface area (TPSA) is 69.6 Å². The Morgan fingerprint density at radius 2 is 2.33 bits per heavy atom. The van der Waals surface area contributed by atoms with Crippen molar-refractivity contribution in [1.29, 1.82) is 0 Å². The Morgan fingerprint density at radius 1 is 1.67 bits per heavy atom. The van der Waals surface area contributed by atoms with E-state index in [4.69, 9.17) is 5.11 Å². The van der Waals surface area contributed by atoms with Gasteiger partial charge in [0, 0.05) is 13.1 Å². The van der Waals surface area contributed by atoms with Crippen LogP contribution in [0.1, 0.15) is 20.3 Å². The molecule has 1 rings (SSSR count). The first kappa shape index (κ1) is 12.0. The number of hydrogen-bond acceptors (Lipinski definition) is 3. The lowest BCUT2D eigenvalue weighted by molar-refractivity contribution is -0.138. The molecular formula is C10H18N2O3. The van der Waals surface area contributed by atoms with E-state index in [9.17, 15) is 9.59 Å². The molecule has 1 aliphatic rings. The lowest BCUT2D eigenvalue weighted by atomic mass is 10.1. The van der Waals surface area contributed by atoms with Gasteiger partial charge in [-0.3, -0.25) is 14.5 Å². The molecule has 0 radical (unpaired) electrons. The highest BCUT2D eigenvalue weighted by Gasteiger charge is 2.26. The molecule has 5 heteroatoms. The van der Waals surface area contributed by atoms with Gasteiger partial charge in [0.25, 0.3) is 0 Å². The van der Waals surface area contributed by atoms with Crippen LogP contribution in [0.25, 0.3) is 0 Å². The Hall–Kier alpha value is -1.10. The van der Waals surface area contributed by atoms with E-state index in [1.807, 2.05) is 4.90 Å². The summed E-state index contributed by atoms with van der Waals surface area (Å²) in [5.41, 5.74) is 0. The van der Waals surface area contributed by atoms with Gasteiger partial charge in [0.2, 0.25) is 5.91 Å². The van der Waals surface area contributed by atoms with Crippen molar-refractivity contribution in [3.8, 4) is 0 Å². The predicted molar refractivity (Wildman–Crippen MR) is 55.5 cm³/mol. The second-order valence-electron chi connectivity index (χ2n) is 4.45. The zero-order valence-corrected chi connectivity index (χ0v) is 9.19. The number of carbonyl (C=O) groups excluding carboxylic acids is 1. The molecule has 2 N–H and O–H groups in total. The van der Waals surface area contributed by atoms with Crippen molar-refractivity contribution in [3.05, 3.63) is 0 Å². The maximum absolute atomic E-state index is 11.3. The molecule has 0 aromatic heterocycles. The van der Waals surface area contributed by atoms with Gasteiger partial charge in [0.1, 0.15) is 0 Å². The monoisotopic (exact) mass is 214 g/mol. The quantitative estimate of drug-likeness (QED) is 0.686. The zero-order valence-electron chi connectivity index (χ0n) is 9.19. The Balaban J connectivity index is 2.48. The van der Waals surface area contributed by atoms with E-state index in [1.165, 1.54) is 0 Å². The van der Waals surface area contributed by atoms with E-state index < -0.39 is 5.97 Å². The zero-order chi connectivity index (χ0) is 11.4. The first-order valence-corrected chi connectivity index (χ1v) is 5.21. The molecule has 86 valence electrons. The van der Waals surface area contributed by atoms with Crippen LogP contribution in [-0.2, 0) is 9.59 Å². The van der Waals surface area contributed by atoms with E-state index in [2.05, 4.69) is 19.2 Å². The molecule has 0 aromatic rings. The van der Waals surface area contributed by atoms with Crippen molar-refractivity contribution >= 4 is 11.9 Å². The first-order valence-electron chi connectivity index (χ1n) is 5.21. The number of rotatable bonds is 4. The minimum atomic E-state index is -0.869. The van der Waals surface area contributed by atoms with Crippen LogP contribution in [-0.4, -0.2) is 47.6 Å². The average Bonchev–Trinajstić information content (AvgIpc) is 1.98. The lowest BCUT2D eigenvalue weighted by Gasteiger charge is -2.33. The summed E-state index contributed by atoms with van der Waals surface area (Å²) in [5, 5.41) is 11.3. The van der Waals surface area contributed by atoms with Gasteiger partial charge >= 0.3 is 5.97 Å². The number of nitrogens with one attached hydrogen (secondary N) is 1. The number of hydrogen-bond donors (Lipinski definition) is 2. The molecule has 15 heavy (non-hydrogen) atoms. The Morgan fingerprint density at radius 3 is 2.87 bits per heavy atom. The number of carboxylic acid groups (broad SMARTS) is 1. The van der Waals surface area contributed by atoms with Gasteiger partial charge < -0.3 is 10.4 Å². The van der Waals surface area contributed by atoms with Crippen molar-refractivity contribution in [2.45, 2.75) is 26.3 Å². The summed E-state index contributed by atoms with van der Waals surface area (Å²) in [6, 6.07) is -0.248. The summed E-state index contributed by atoms with van der Waals surface area (Å²) in [7, 11) is 0. The molecule has 1 unspecified atom stereocenters.